The van der Waals surface area contributed by atoms with Gasteiger partial charge in [-0.25, -0.2) is 0 Å². The van der Waals surface area contributed by atoms with Crippen molar-refractivity contribution < 1.29 is 9.59 Å². The van der Waals surface area contributed by atoms with Crippen molar-refractivity contribution >= 4 is 29.0 Å². The van der Waals surface area contributed by atoms with Crippen molar-refractivity contribution in [1.82, 2.24) is 0 Å². The predicted molar refractivity (Wildman–Crippen MR) is 57.0 cm³/mol. The van der Waals surface area contributed by atoms with Gasteiger partial charge >= 0.3 is 0 Å². The molecule has 0 aromatic heterocycles. The van der Waals surface area contributed by atoms with E-state index in [2.05, 4.69) is 5.92 Å². The van der Waals surface area contributed by atoms with Crippen LogP contribution in [0.5, 0.6) is 0 Å². The van der Waals surface area contributed by atoms with Crippen molar-refractivity contribution in [2.24, 2.45) is 0 Å². The average molecular weight is 220 g/mol. The number of fused-ring (bicyclic) bond motifs is 1. The minimum atomic E-state index is -0.592. The maximum atomic E-state index is 11.5. The Labute approximate surface area is 91.6 Å². The highest BCUT2D eigenvalue weighted by molar-refractivity contribution is 6.52. The molecule has 1 aliphatic rings. The fourth-order valence-electron chi connectivity index (χ4n) is 1.52. The molecule has 74 valence electrons. The standard InChI is InChI=1S/C11H6ClNO2/c1-2-5-13-9-4-3-7(12)6-8(9)10(14)11(13)15/h1,3-4,6H,5H2. The molecule has 0 radical (unpaired) electrons. The molecular weight excluding hydrogens is 214 g/mol. The summed E-state index contributed by atoms with van der Waals surface area (Å²) in [5.74, 6) is 1.19. The third-order valence-electron chi connectivity index (χ3n) is 2.18. The topological polar surface area (TPSA) is 37.4 Å². The lowest BCUT2D eigenvalue weighted by Gasteiger charge is -2.11. The van der Waals surface area contributed by atoms with Crippen molar-refractivity contribution in [1.29, 1.82) is 0 Å². The summed E-state index contributed by atoms with van der Waals surface area (Å²) in [4.78, 5) is 24.3. The summed E-state index contributed by atoms with van der Waals surface area (Å²) < 4.78 is 0. The van der Waals surface area contributed by atoms with Gasteiger partial charge in [0, 0.05) is 5.02 Å². The van der Waals surface area contributed by atoms with Crippen LogP contribution in [-0.2, 0) is 4.79 Å². The molecule has 0 saturated heterocycles. The predicted octanol–water partition coefficient (Wildman–Crippen LogP) is 1.50. The van der Waals surface area contributed by atoms with E-state index in [0.717, 1.165) is 0 Å². The largest absolute Gasteiger partial charge is 0.300 e. The van der Waals surface area contributed by atoms with Gasteiger partial charge in [-0.15, -0.1) is 6.42 Å². The Balaban J connectivity index is 2.56. The van der Waals surface area contributed by atoms with Crippen LogP contribution in [0.2, 0.25) is 5.02 Å². The molecule has 0 saturated carbocycles. The van der Waals surface area contributed by atoms with Crippen LogP contribution in [0.1, 0.15) is 10.4 Å². The van der Waals surface area contributed by atoms with Gasteiger partial charge in [0.05, 0.1) is 17.8 Å². The molecule has 1 aliphatic heterocycles. The van der Waals surface area contributed by atoms with Gasteiger partial charge in [0.2, 0.25) is 0 Å². The molecule has 1 aromatic carbocycles. The van der Waals surface area contributed by atoms with Gasteiger partial charge in [-0.3, -0.25) is 14.5 Å². The first kappa shape index (κ1) is 9.75. The number of terminal acetylenes is 1. The molecule has 4 heteroatoms. The van der Waals surface area contributed by atoms with E-state index in [1.165, 1.54) is 11.0 Å². The number of hydrogen-bond donors (Lipinski definition) is 0. The molecule has 0 bridgehead atoms. The summed E-state index contributed by atoms with van der Waals surface area (Å²) in [6.45, 7) is 0.0964. The zero-order chi connectivity index (χ0) is 11.0. The molecule has 1 aromatic rings. The smallest absolute Gasteiger partial charge is 0.293 e. The van der Waals surface area contributed by atoms with Gasteiger partial charge in [0.1, 0.15) is 0 Å². The molecule has 0 spiro atoms. The van der Waals surface area contributed by atoms with Crippen LogP contribution in [-0.4, -0.2) is 18.2 Å². The lowest BCUT2D eigenvalue weighted by atomic mass is 10.1. The Hall–Kier alpha value is -1.79. The molecule has 0 fully saturated rings. The number of Topliss-reactive ketones (excluding diaryl/α,β-unsaturated/α-hetero) is 1. The third kappa shape index (κ3) is 1.39. The summed E-state index contributed by atoms with van der Waals surface area (Å²) in [5, 5.41) is 0.428. The van der Waals surface area contributed by atoms with E-state index in [-0.39, 0.29) is 6.54 Å². The molecule has 0 atom stereocenters. The van der Waals surface area contributed by atoms with Crippen LogP contribution >= 0.6 is 11.6 Å². The number of benzene rings is 1. The second-order valence-electron chi connectivity index (χ2n) is 3.09. The Bertz CT molecular complexity index is 502. The minimum Gasteiger partial charge on any atom is -0.293 e. The van der Waals surface area contributed by atoms with E-state index in [4.69, 9.17) is 18.0 Å². The Morgan fingerprint density at radius 1 is 1.40 bits per heavy atom. The van der Waals surface area contributed by atoms with Crippen LogP contribution in [0.15, 0.2) is 18.2 Å². The molecule has 0 unspecified atom stereocenters. The Morgan fingerprint density at radius 2 is 2.13 bits per heavy atom. The lowest BCUT2D eigenvalue weighted by molar-refractivity contribution is -0.114. The highest BCUT2D eigenvalue weighted by Gasteiger charge is 2.35. The summed E-state index contributed by atoms with van der Waals surface area (Å²) in [7, 11) is 0. The number of nitrogens with zero attached hydrogens (tertiary/aromatic N) is 1. The normalized spacial score (nSPS) is 14.0. The highest BCUT2D eigenvalue weighted by atomic mass is 35.5. The van der Waals surface area contributed by atoms with Crippen molar-refractivity contribution in [2.45, 2.75) is 0 Å². The summed E-state index contributed by atoms with van der Waals surface area (Å²) in [6.07, 6.45) is 5.12. The van der Waals surface area contributed by atoms with Gasteiger partial charge in [0.15, 0.2) is 0 Å². The Kier molecular flexibility index (Phi) is 2.22. The van der Waals surface area contributed by atoms with Gasteiger partial charge in [0.25, 0.3) is 11.7 Å². The second kappa shape index (κ2) is 3.41. The van der Waals surface area contributed by atoms with Crippen LogP contribution in [0.25, 0.3) is 0 Å². The first-order valence-corrected chi connectivity index (χ1v) is 4.62. The maximum Gasteiger partial charge on any atom is 0.300 e. The van der Waals surface area contributed by atoms with Gasteiger partial charge in [-0.1, -0.05) is 17.5 Å². The zero-order valence-corrected chi connectivity index (χ0v) is 8.41. The van der Waals surface area contributed by atoms with Crippen LogP contribution in [0.4, 0.5) is 5.69 Å². The van der Waals surface area contributed by atoms with E-state index in [1.54, 1.807) is 12.1 Å². The van der Waals surface area contributed by atoms with E-state index in [0.29, 0.717) is 16.3 Å². The summed E-state index contributed by atoms with van der Waals surface area (Å²) >= 11 is 5.74. The number of ketones is 1. The third-order valence-corrected chi connectivity index (χ3v) is 2.42. The number of carbonyl (C=O) groups is 2. The van der Waals surface area contributed by atoms with Crippen molar-refractivity contribution in [3.63, 3.8) is 0 Å². The first-order chi connectivity index (χ1) is 7.15. The van der Waals surface area contributed by atoms with Crippen molar-refractivity contribution in [2.75, 3.05) is 11.4 Å². The van der Waals surface area contributed by atoms with Crippen molar-refractivity contribution in [3.8, 4) is 12.3 Å². The molecule has 3 nitrogen and oxygen atoms in total. The fourth-order valence-corrected chi connectivity index (χ4v) is 1.69. The van der Waals surface area contributed by atoms with Crippen LogP contribution < -0.4 is 4.90 Å². The molecular formula is C11H6ClNO2. The Morgan fingerprint density at radius 3 is 2.80 bits per heavy atom. The number of hydrogen-bond acceptors (Lipinski definition) is 2. The molecule has 1 heterocycles. The van der Waals surface area contributed by atoms with Crippen LogP contribution in [0.3, 0.4) is 0 Å². The molecule has 0 aliphatic carbocycles. The van der Waals surface area contributed by atoms with Gasteiger partial charge in [-0.2, -0.15) is 0 Å². The second-order valence-corrected chi connectivity index (χ2v) is 3.52. The summed E-state index contributed by atoms with van der Waals surface area (Å²) in [5.41, 5.74) is 0.857. The van der Waals surface area contributed by atoms with E-state index >= 15 is 0 Å². The number of carbonyl (C=O) groups excluding carboxylic acids is 2. The zero-order valence-electron chi connectivity index (χ0n) is 7.66. The van der Waals surface area contributed by atoms with E-state index < -0.39 is 11.7 Å². The van der Waals surface area contributed by atoms with E-state index in [1.807, 2.05) is 0 Å². The number of anilines is 1. The molecule has 15 heavy (non-hydrogen) atoms. The monoisotopic (exact) mass is 219 g/mol. The van der Waals surface area contributed by atoms with Gasteiger partial charge < -0.3 is 0 Å². The van der Waals surface area contributed by atoms with E-state index in [9.17, 15) is 9.59 Å². The quantitative estimate of drug-likeness (QED) is 0.530. The first-order valence-electron chi connectivity index (χ1n) is 4.24. The SMILES string of the molecule is C#CCN1C(=O)C(=O)c2cc(Cl)ccc21. The fraction of sp³-hybridized carbons (Fsp3) is 0.0909. The summed E-state index contributed by atoms with van der Waals surface area (Å²) in [6, 6.07) is 4.72. The lowest BCUT2D eigenvalue weighted by Crippen LogP contribution is -2.29. The van der Waals surface area contributed by atoms with Gasteiger partial charge in [-0.05, 0) is 18.2 Å². The average Bonchev–Trinajstić information content (AvgIpc) is 2.44. The minimum absolute atomic E-state index is 0.0964. The molecule has 0 N–H and O–H groups in total. The maximum absolute atomic E-state index is 11.5. The number of amides is 1. The number of halogens is 1. The van der Waals surface area contributed by atoms with Crippen LogP contribution in [0, 0.1) is 12.3 Å². The van der Waals surface area contributed by atoms with Crippen molar-refractivity contribution in [3.05, 3.63) is 28.8 Å². The molecule has 1 amide bonds. The highest BCUT2D eigenvalue weighted by Crippen LogP contribution is 2.30. The number of rotatable bonds is 1. The molecule has 2 rings (SSSR count).